The monoisotopic (exact) mass is 656 g/mol. The maximum atomic E-state index is 15.3. The van der Waals surface area contributed by atoms with Gasteiger partial charge in [0.1, 0.15) is 5.82 Å². The maximum Gasteiger partial charge on any atom is 0.129 e. The van der Waals surface area contributed by atoms with Crippen molar-refractivity contribution >= 4 is 23.1 Å². The van der Waals surface area contributed by atoms with Gasteiger partial charge in [-0.2, -0.15) is 0 Å². The van der Waals surface area contributed by atoms with E-state index in [-0.39, 0.29) is 11.7 Å². The highest BCUT2D eigenvalue weighted by Gasteiger charge is 2.30. The van der Waals surface area contributed by atoms with Gasteiger partial charge in [0.05, 0.1) is 11.4 Å². The van der Waals surface area contributed by atoms with Crippen molar-refractivity contribution in [1.82, 2.24) is 14.8 Å². The van der Waals surface area contributed by atoms with E-state index in [0.29, 0.717) is 23.3 Å². The molecule has 0 saturated carbocycles. The molecule has 1 atom stereocenters. The number of rotatable bonds is 7. The lowest BCUT2D eigenvalue weighted by Crippen LogP contribution is -2.47. The Balaban J connectivity index is 0.929. The molecule has 3 aromatic carbocycles. The first-order chi connectivity index (χ1) is 23.7. The smallest absolute Gasteiger partial charge is 0.129 e. The van der Waals surface area contributed by atoms with Gasteiger partial charge in [-0.15, -0.1) is 0 Å². The second-order valence-electron chi connectivity index (χ2n) is 14.1. The lowest BCUT2D eigenvalue weighted by Gasteiger charge is -2.42. The fourth-order valence-electron chi connectivity index (χ4n) is 8.16. The van der Waals surface area contributed by atoms with E-state index in [1.165, 1.54) is 5.56 Å². The molecule has 4 aromatic rings. The van der Waals surface area contributed by atoms with E-state index in [0.717, 1.165) is 110 Å². The number of hydrogen-bond donors (Lipinski definition) is 3. The molecule has 0 bridgehead atoms. The topological polar surface area (TPSA) is 75.5 Å². The number of piperidine rings is 3. The lowest BCUT2D eigenvalue weighted by molar-refractivity contribution is 0.132. The van der Waals surface area contributed by atoms with Gasteiger partial charge in [-0.1, -0.05) is 55.6 Å². The molecule has 7 rings (SSSR count). The van der Waals surface area contributed by atoms with Crippen LogP contribution in [-0.2, 0) is 0 Å². The molecule has 3 aliphatic rings. The Bertz CT molecular complexity index is 1850. The first kappa shape index (κ1) is 32.8. The van der Waals surface area contributed by atoms with Gasteiger partial charge >= 0.3 is 0 Å². The van der Waals surface area contributed by atoms with Gasteiger partial charge in [-0.05, 0) is 118 Å². The van der Waals surface area contributed by atoms with Crippen LogP contribution in [0.15, 0.2) is 104 Å². The number of halogens is 1. The van der Waals surface area contributed by atoms with Gasteiger partial charge in [0, 0.05) is 65.3 Å². The van der Waals surface area contributed by atoms with E-state index < -0.39 is 0 Å². The molecule has 1 unspecified atom stereocenters. The summed E-state index contributed by atoms with van der Waals surface area (Å²) in [4.78, 5) is 5.05. The predicted octanol–water partition coefficient (Wildman–Crippen LogP) is 8.31. The third kappa shape index (κ3) is 6.90. The van der Waals surface area contributed by atoms with Gasteiger partial charge in [-0.25, -0.2) is 4.39 Å². The molecule has 5 N–H and O–H groups in total. The van der Waals surface area contributed by atoms with Crippen LogP contribution in [0.3, 0.4) is 0 Å². The number of likely N-dealkylation sites (tertiary alicyclic amines) is 1. The summed E-state index contributed by atoms with van der Waals surface area (Å²) < 4.78 is 17.4. The van der Waals surface area contributed by atoms with Crippen molar-refractivity contribution in [3.8, 4) is 5.69 Å². The number of nitrogens with two attached hydrogens (primary N) is 2. The second kappa shape index (κ2) is 14.0. The first-order valence-corrected chi connectivity index (χ1v) is 17.8. The molecule has 7 heteroatoms. The molecule has 1 aromatic heterocycles. The van der Waals surface area contributed by atoms with Crippen LogP contribution in [0.2, 0.25) is 0 Å². The van der Waals surface area contributed by atoms with E-state index >= 15 is 4.39 Å². The molecule has 3 fully saturated rings. The molecule has 0 radical (unpaired) electrons. The largest absolute Gasteiger partial charge is 0.398 e. The summed E-state index contributed by atoms with van der Waals surface area (Å²) in [6, 6.07) is 25.4. The molecular weight excluding hydrogens is 608 g/mol. The standard InChI is InChI=1S/C42H49FN6/c1-28-6-4-5-7-36(28)41(45)27-42-40(44)20-25-49(42)34-11-9-31(10-12-34)32-16-21-47(22-17-32)33-18-23-48(24-19-33)35-13-15-38(39(43)26-35)37-14-8-29(2)46-30(37)3/h4-7,9-13,15,20,25-27,32-33,37,46H,2-3,8,14,16-19,21-24,44-45H2,1H3/b41-27-. The molecule has 0 amide bonds. The summed E-state index contributed by atoms with van der Waals surface area (Å²) >= 11 is 0. The average Bonchev–Trinajstić information content (AvgIpc) is 3.48. The summed E-state index contributed by atoms with van der Waals surface area (Å²) in [5.41, 5.74) is 23.4. The summed E-state index contributed by atoms with van der Waals surface area (Å²) in [6.07, 6.45) is 10.2. The van der Waals surface area contributed by atoms with Crippen LogP contribution in [0.1, 0.15) is 78.3 Å². The van der Waals surface area contributed by atoms with E-state index in [9.17, 15) is 0 Å². The number of nitrogens with one attached hydrogen (secondary N) is 1. The van der Waals surface area contributed by atoms with Crippen LogP contribution in [0, 0.1) is 12.7 Å². The minimum Gasteiger partial charge on any atom is -0.398 e. The minimum absolute atomic E-state index is 0.00496. The Morgan fingerprint density at radius 3 is 2.29 bits per heavy atom. The average molecular weight is 657 g/mol. The molecule has 0 spiro atoms. The van der Waals surface area contributed by atoms with E-state index in [1.54, 1.807) is 6.07 Å². The molecule has 6 nitrogen and oxygen atoms in total. The number of hydrogen-bond acceptors (Lipinski definition) is 5. The van der Waals surface area contributed by atoms with Crippen molar-refractivity contribution in [2.24, 2.45) is 5.73 Å². The Morgan fingerprint density at radius 2 is 1.59 bits per heavy atom. The highest BCUT2D eigenvalue weighted by molar-refractivity contribution is 5.83. The zero-order valence-electron chi connectivity index (χ0n) is 28.7. The second-order valence-corrected chi connectivity index (χ2v) is 14.1. The minimum atomic E-state index is -0.132. The molecule has 3 saturated heterocycles. The van der Waals surface area contributed by atoms with Crippen molar-refractivity contribution in [3.63, 3.8) is 0 Å². The Kier molecular flexibility index (Phi) is 9.37. The Morgan fingerprint density at radius 1 is 0.878 bits per heavy atom. The van der Waals surface area contributed by atoms with Crippen LogP contribution in [-0.4, -0.2) is 41.7 Å². The quantitative estimate of drug-likeness (QED) is 0.187. The van der Waals surface area contributed by atoms with Crippen molar-refractivity contribution in [2.45, 2.75) is 63.3 Å². The molecule has 49 heavy (non-hydrogen) atoms. The number of nitrogen functional groups attached to an aromatic ring is 1. The molecule has 0 aliphatic carbocycles. The third-order valence-electron chi connectivity index (χ3n) is 11.1. The fraction of sp³-hybridized carbons (Fsp3) is 0.333. The van der Waals surface area contributed by atoms with Crippen molar-refractivity contribution in [1.29, 1.82) is 0 Å². The van der Waals surface area contributed by atoms with Crippen molar-refractivity contribution in [3.05, 3.63) is 137 Å². The van der Waals surface area contributed by atoms with Gasteiger partial charge in [0.2, 0.25) is 0 Å². The van der Waals surface area contributed by atoms with E-state index in [1.807, 2.05) is 42.6 Å². The van der Waals surface area contributed by atoms with Crippen LogP contribution < -0.4 is 21.7 Å². The van der Waals surface area contributed by atoms with Gasteiger partial charge in [-0.3, -0.25) is 0 Å². The molecule has 3 aliphatic heterocycles. The Labute approximate surface area is 290 Å². The van der Waals surface area contributed by atoms with Crippen molar-refractivity contribution < 1.29 is 4.39 Å². The molecule has 4 heterocycles. The van der Waals surface area contributed by atoms with Gasteiger partial charge in [0.15, 0.2) is 0 Å². The van der Waals surface area contributed by atoms with E-state index in [2.05, 4.69) is 76.2 Å². The zero-order chi connectivity index (χ0) is 34.1. The first-order valence-electron chi connectivity index (χ1n) is 17.8. The van der Waals surface area contributed by atoms with Crippen molar-refractivity contribution in [2.75, 3.05) is 36.8 Å². The fourth-order valence-corrected chi connectivity index (χ4v) is 8.16. The number of nitrogens with zero attached hydrogens (tertiary/aromatic N) is 3. The maximum absolute atomic E-state index is 15.3. The van der Waals surface area contributed by atoms with Gasteiger partial charge in [0.25, 0.3) is 0 Å². The highest BCUT2D eigenvalue weighted by Crippen LogP contribution is 2.36. The van der Waals surface area contributed by atoms with E-state index in [4.69, 9.17) is 11.5 Å². The third-order valence-corrected chi connectivity index (χ3v) is 11.1. The summed E-state index contributed by atoms with van der Waals surface area (Å²) in [5.74, 6) is 0.425. The normalized spacial score (nSPS) is 20.1. The van der Waals surface area contributed by atoms with Crippen LogP contribution in [0.25, 0.3) is 17.5 Å². The number of anilines is 2. The molecule has 254 valence electrons. The van der Waals surface area contributed by atoms with Crippen LogP contribution in [0.4, 0.5) is 15.8 Å². The number of aryl methyl sites for hydroxylation is 1. The Hall–Kier alpha value is -4.75. The number of allylic oxidation sites excluding steroid dienone is 2. The SMILES string of the molecule is C=C1CCC(c2ccc(N3CCC(N4CCC(c5ccc(-n6ccc(N)c6/C=C(\N)c6ccccc6C)cc5)CC4)CC3)cc2F)C(=C)N1. The highest BCUT2D eigenvalue weighted by atomic mass is 19.1. The number of aromatic nitrogens is 1. The van der Waals surface area contributed by atoms with Gasteiger partial charge < -0.3 is 31.2 Å². The summed E-state index contributed by atoms with van der Waals surface area (Å²) in [5, 5.41) is 3.22. The molecular formula is C42H49FN6. The zero-order valence-corrected chi connectivity index (χ0v) is 28.7. The number of benzene rings is 3. The van der Waals surface area contributed by atoms with Crippen LogP contribution in [0.5, 0.6) is 0 Å². The predicted molar refractivity (Wildman–Crippen MR) is 202 cm³/mol. The van der Waals surface area contributed by atoms with Crippen LogP contribution >= 0.6 is 0 Å². The summed E-state index contributed by atoms with van der Waals surface area (Å²) in [7, 11) is 0. The summed E-state index contributed by atoms with van der Waals surface area (Å²) in [6.45, 7) is 14.3. The lowest BCUT2D eigenvalue weighted by atomic mass is 9.87.